The Bertz CT molecular complexity index is 974. The zero-order valence-electron chi connectivity index (χ0n) is 18.9. The van der Waals surface area contributed by atoms with Crippen molar-refractivity contribution in [1.29, 1.82) is 0 Å². The maximum absolute atomic E-state index is 13.5. The normalized spacial score (nSPS) is 24.0. The summed E-state index contributed by atoms with van der Waals surface area (Å²) in [5, 5.41) is 4.63. The number of pyridine rings is 1. The van der Waals surface area contributed by atoms with E-state index < -0.39 is 5.72 Å². The number of rotatable bonds is 7. The molecule has 2 aromatic rings. The van der Waals surface area contributed by atoms with E-state index in [9.17, 15) is 4.39 Å². The van der Waals surface area contributed by atoms with Crippen molar-refractivity contribution < 1.29 is 14.0 Å². The summed E-state index contributed by atoms with van der Waals surface area (Å²) in [6.45, 7) is 5.34. The molecule has 7 heteroatoms. The second kappa shape index (κ2) is 8.35. The van der Waals surface area contributed by atoms with Gasteiger partial charge in [0.15, 0.2) is 5.84 Å². The van der Waals surface area contributed by atoms with Crippen LogP contribution in [-0.2, 0) is 17.8 Å². The van der Waals surface area contributed by atoms with Crippen LogP contribution in [0.4, 0.5) is 4.39 Å². The zero-order chi connectivity index (χ0) is 22.2. The lowest BCUT2D eigenvalue weighted by Crippen LogP contribution is -2.61. The predicted molar refractivity (Wildman–Crippen MR) is 121 cm³/mol. The van der Waals surface area contributed by atoms with Crippen LogP contribution in [0.1, 0.15) is 43.9 Å². The van der Waals surface area contributed by atoms with Crippen LogP contribution >= 0.6 is 0 Å². The maximum Gasteiger partial charge on any atom is 0.219 e. The van der Waals surface area contributed by atoms with Gasteiger partial charge in [0.1, 0.15) is 11.6 Å². The minimum Gasteiger partial charge on any atom is -0.494 e. The second-order valence-electron chi connectivity index (χ2n) is 9.37. The first-order valence-electron chi connectivity index (χ1n) is 11.6. The summed E-state index contributed by atoms with van der Waals surface area (Å²) in [5.74, 6) is 1.48. The highest BCUT2D eigenvalue weighted by molar-refractivity contribution is 5.86. The molecule has 32 heavy (non-hydrogen) atoms. The van der Waals surface area contributed by atoms with E-state index in [4.69, 9.17) is 9.57 Å². The fourth-order valence-electron chi connectivity index (χ4n) is 5.14. The number of piperidine rings is 1. The second-order valence-corrected chi connectivity index (χ2v) is 9.37. The Labute approximate surface area is 189 Å². The standard InChI is InChI=1S/C25H31FN4O2/c1-3-14-31-22-8-4-19(5-9-22)15-23-28-32-25(12-13-29(2)18-24(25)10-11-24)30(23)17-21-7-6-20(26)16-27-21/h4-9,16H,3,10-15,17-18H2,1-2H3. The molecule has 0 bridgehead atoms. The molecule has 1 unspecified atom stereocenters. The third-order valence-electron chi connectivity index (χ3n) is 7.00. The van der Waals surface area contributed by atoms with Gasteiger partial charge in [-0.15, -0.1) is 0 Å². The fourth-order valence-corrected chi connectivity index (χ4v) is 5.14. The van der Waals surface area contributed by atoms with Crippen molar-refractivity contribution in [2.75, 3.05) is 26.7 Å². The van der Waals surface area contributed by atoms with Crippen molar-refractivity contribution in [3.8, 4) is 5.75 Å². The average Bonchev–Trinajstić information content (AvgIpc) is 3.49. The van der Waals surface area contributed by atoms with Crippen LogP contribution in [0.25, 0.3) is 0 Å². The van der Waals surface area contributed by atoms with Crippen LogP contribution in [0.5, 0.6) is 5.75 Å². The Kier molecular flexibility index (Phi) is 5.53. The minimum atomic E-state index is -0.449. The summed E-state index contributed by atoms with van der Waals surface area (Å²) in [6.07, 6.45) is 6.10. The first kappa shape index (κ1) is 21.2. The number of halogens is 1. The number of hydrogen-bond donors (Lipinski definition) is 0. The first-order valence-corrected chi connectivity index (χ1v) is 11.6. The Hall–Kier alpha value is -2.67. The summed E-state index contributed by atoms with van der Waals surface area (Å²) in [4.78, 5) is 15.4. The van der Waals surface area contributed by atoms with Crippen LogP contribution in [0.15, 0.2) is 47.8 Å². The van der Waals surface area contributed by atoms with Gasteiger partial charge in [-0.2, -0.15) is 0 Å². The molecule has 1 aromatic carbocycles. The van der Waals surface area contributed by atoms with Gasteiger partial charge >= 0.3 is 0 Å². The zero-order valence-corrected chi connectivity index (χ0v) is 18.9. The monoisotopic (exact) mass is 438 g/mol. The third-order valence-corrected chi connectivity index (χ3v) is 7.00. The lowest BCUT2D eigenvalue weighted by molar-refractivity contribution is -0.183. The van der Waals surface area contributed by atoms with Crippen LogP contribution in [0.3, 0.4) is 0 Å². The Morgan fingerprint density at radius 2 is 1.94 bits per heavy atom. The van der Waals surface area contributed by atoms with Crippen molar-refractivity contribution in [2.45, 2.75) is 51.3 Å². The summed E-state index contributed by atoms with van der Waals surface area (Å²) < 4.78 is 19.2. The molecular formula is C25H31FN4O2. The van der Waals surface area contributed by atoms with Gasteiger partial charge in [0.25, 0.3) is 0 Å². The van der Waals surface area contributed by atoms with Gasteiger partial charge in [-0.05, 0) is 56.1 Å². The van der Waals surface area contributed by atoms with Gasteiger partial charge in [-0.1, -0.05) is 24.2 Å². The first-order chi connectivity index (χ1) is 15.5. The van der Waals surface area contributed by atoms with Crippen LogP contribution in [0, 0.1) is 11.2 Å². The molecule has 6 nitrogen and oxygen atoms in total. The summed E-state index contributed by atoms with van der Waals surface area (Å²) in [7, 11) is 2.18. The largest absolute Gasteiger partial charge is 0.494 e. The fraction of sp³-hybridized carbons (Fsp3) is 0.520. The van der Waals surface area contributed by atoms with E-state index in [1.54, 1.807) is 6.07 Å². The molecule has 2 spiro atoms. The number of aromatic nitrogens is 1. The molecule has 170 valence electrons. The number of oxime groups is 1. The van der Waals surface area contributed by atoms with Crippen molar-refractivity contribution in [1.82, 2.24) is 14.8 Å². The highest BCUT2D eigenvalue weighted by atomic mass is 19.1. The Balaban J connectivity index is 1.40. The van der Waals surface area contributed by atoms with Crippen molar-refractivity contribution >= 4 is 5.84 Å². The molecule has 0 radical (unpaired) electrons. The molecule has 2 aliphatic heterocycles. The molecule has 0 N–H and O–H groups in total. The van der Waals surface area contributed by atoms with Gasteiger partial charge in [-0.25, -0.2) is 4.39 Å². The average molecular weight is 439 g/mol. The number of fused-ring (bicyclic) bond motifs is 1. The number of benzene rings is 1. The molecule has 5 rings (SSSR count). The topological polar surface area (TPSA) is 50.2 Å². The molecule has 3 heterocycles. The molecule has 1 saturated carbocycles. The van der Waals surface area contributed by atoms with Crippen LogP contribution in [-0.4, -0.2) is 53.1 Å². The quantitative estimate of drug-likeness (QED) is 0.648. The number of nitrogens with zero attached hydrogens (tertiary/aromatic N) is 4. The molecule has 1 atom stereocenters. The Morgan fingerprint density at radius 1 is 1.12 bits per heavy atom. The molecule has 1 saturated heterocycles. The highest BCUT2D eigenvalue weighted by Crippen LogP contribution is 2.62. The van der Waals surface area contributed by atoms with E-state index in [-0.39, 0.29) is 11.2 Å². The maximum atomic E-state index is 13.5. The van der Waals surface area contributed by atoms with E-state index in [1.807, 2.05) is 12.1 Å². The van der Waals surface area contributed by atoms with Crippen molar-refractivity contribution in [2.24, 2.45) is 10.6 Å². The Morgan fingerprint density at radius 3 is 2.62 bits per heavy atom. The lowest BCUT2D eigenvalue weighted by atomic mass is 9.83. The number of hydrogen-bond acceptors (Lipinski definition) is 6. The van der Waals surface area contributed by atoms with Gasteiger partial charge in [-0.3, -0.25) is 4.98 Å². The molecule has 1 aliphatic carbocycles. The van der Waals surface area contributed by atoms with Crippen molar-refractivity contribution in [3.63, 3.8) is 0 Å². The van der Waals surface area contributed by atoms with E-state index in [1.165, 1.54) is 12.3 Å². The number of likely N-dealkylation sites (tertiary alicyclic amines) is 1. The van der Waals surface area contributed by atoms with Gasteiger partial charge < -0.3 is 19.4 Å². The molecular weight excluding hydrogens is 407 g/mol. The van der Waals surface area contributed by atoms with E-state index in [2.05, 4.69) is 46.0 Å². The van der Waals surface area contributed by atoms with Gasteiger partial charge in [0.05, 0.1) is 25.0 Å². The molecule has 1 aromatic heterocycles. The smallest absolute Gasteiger partial charge is 0.219 e. The minimum absolute atomic E-state index is 0.0864. The van der Waals surface area contributed by atoms with E-state index in [0.29, 0.717) is 13.0 Å². The highest BCUT2D eigenvalue weighted by Gasteiger charge is 2.68. The SMILES string of the molecule is CCCOc1ccc(CC2=NOC3(CCN(C)CC34CC4)N2Cc2ccc(F)cn2)cc1. The third kappa shape index (κ3) is 3.83. The summed E-state index contributed by atoms with van der Waals surface area (Å²) in [5.41, 5.74) is 1.61. The van der Waals surface area contributed by atoms with Crippen LogP contribution in [0.2, 0.25) is 0 Å². The predicted octanol–water partition coefficient (Wildman–Crippen LogP) is 4.21. The van der Waals surface area contributed by atoms with E-state index >= 15 is 0 Å². The molecule has 2 fully saturated rings. The molecule has 3 aliphatic rings. The molecule has 0 amide bonds. The van der Waals surface area contributed by atoms with E-state index in [0.717, 1.165) is 68.2 Å². The van der Waals surface area contributed by atoms with Crippen molar-refractivity contribution in [3.05, 3.63) is 59.7 Å². The van der Waals surface area contributed by atoms with Gasteiger partial charge in [0.2, 0.25) is 5.72 Å². The van der Waals surface area contributed by atoms with Crippen LogP contribution < -0.4 is 4.74 Å². The van der Waals surface area contributed by atoms with Gasteiger partial charge in [0, 0.05) is 31.3 Å². The summed E-state index contributed by atoms with van der Waals surface area (Å²) >= 11 is 0. The number of ether oxygens (including phenoxy) is 1. The lowest BCUT2D eigenvalue weighted by Gasteiger charge is -2.48. The number of amidine groups is 1. The summed E-state index contributed by atoms with van der Waals surface area (Å²) in [6, 6.07) is 11.4.